The zero-order valence-corrected chi connectivity index (χ0v) is 27.0. The molecule has 0 bridgehead atoms. The average molecular weight is 552 g/mol. The van der Waals surface area contributed by atoms with E-state index in [-0.39, 0.29) is 11.7 Å². The molecular formula is C31H45NO4Si2. The summed E-state index contributed by atoms with van der Waals surface area (Å²) in [7, 11) is -3.70. The number of carbonyl (C=O) groups is 1. The van der Waals surface area contributed by atoms with Gasteiger partial charge in [0.05, 0.1) is 19.4 Å². The van der Waals surface area contributed by atoms with Crippen LogP contribution in [0, 0.1) is 11.5 Å². The van der Waals surface area contributed by atoms with Gasteiger partial charge in [0.1, 0.15) is 8.07 Å². The van der Waals surface area contributed by atoms with Gasteiger partial charge in [-0.05, 0) is 41.1 Å². The summed E-state index contributed by atoms with van der Waals surface area (Å²) in [6.45, 7) is 23.6. The van der Waals surface area contributed by atoms with E-state index in [1.54, 1.807) is 6.20 Å². The zero-order valence-electron chi connectivity index (χ0n) is 25.0. The number of ether oxygens (including phenoxy) is 2. The van der Waals surface area contributed by atoms with Crippen molar-refractivity contribution in [2.24, 2.45) is 0 Å². The van der Waals surface area contributed by atoms with Crippen LogP contribution in [0.2, 0.25) is 36.3 Å². The fourth-order valence-corrected chi connectivity index (χ4v) is 13.6. The predicted octanol–water partition coefficient (Wildman–Crippen LogP) is 6.92. The first-order valence-corrected chi connectivity index (χ1v) is 20.0. The normalized spacial score (nSPS) is 17.8. The van der Waals surface area contributed by atoms with Gasteiger partial charge in [-0.15, -0.1) is 11.5 Å². The Morgan fingerprint density at radius 2 is 1.58 bits per heavy atom. The number of carbonyl (C=O) groups excluding carboxylic acids is 1. The van der Waals surface area contributed by atoms with Crippen molar-refractivity contribution in [3.8, 4) is 11.5 Å². The number of oxazole rings is 1. The van der Waals surface area contributed by atoms with Crippen LogP contribution in [-0.4, -0.2) is 40.1 Å². The summed E-state index contributed by atoms with van der Waals surface area (Å²) in [5.74, 6) is 2.88. The summed E-state index contributed by atoms with van der Waals surface area (Å²) in [6.07, 6.45) is 3.11. The summed E-state index contributed by atoms with van der Waals surface area (Å²) < 4.78 is 18.7. The Morgan fingerprint density at radius 1 is 0.974 bits per heavy atom. The Balaban J connectivity index is 1.86. The van der Waals surface area contributed by atoms with Crippen LogP contribution in [0.3, 0.4) is 0 Å². The maximum Gasteiger partial charge on any atom is 0.230 e. The number of fused-ring (bicyclic) bond motifs is 2. The summed E-state index contributed by atoms with van der Waals surface area (Å²) in [5, 5.41) is 0. The lowest BCUT2D eigenvalue weighted by atomic mass is 9.87. The second-order valence-corrected chi connectivity index (χ2v) is 23.5. The molecule has 38 heavy (non-hydrogen) atoms. The number of aromatic nitrogens is 1. The van der Waals surface area contributed by atoms with Crippen LogP contribution in [0.1, 0.15) is 93.6 Å². The lowest BCUT2D eigenvalue weighted by Gasteiger charge is -2.39. The minimum absolute atomic E-state index is 0.0780. The number of nitrogens with zero attached hydrogens (tertiary/aromatic N) is 1. The minimum Gasteiger partial charge on any atom is -0.442 e. The molecule has 1 aliphatic carbocycles. The van der Waals surface area contributed by atoms with E-state index in [4.69, 9.17) is 18.9 Å². The molecule has 1 aromatic carbocycles. The molecule has 2 aromatic rings. The van der Waals surface area contributed by atoms with Crippen LogP contribution in [0.15, 0.2) is 22.7 Å². The average Bonchev–Trinajstić information content (AvgIpc) is 3.57. The summed E-state index contributed by atoms with van der Waals surface area (Å²) in [5.41, 5.74) is 9.24. The molecule has 1 saturated heterocycles. The minimum atomic E-state index is -2.13. The van der Waals surface area contributed by atoms with Crippen molar-refractivity contribution < 1.29 is 18.7 Å². The molecule has 0 radical (unpaired) electrons. The highest BCUT2D eigenvalue weighted by Gasteiger charge is 2.50. The van der Waals surface area contributed by atoms with Crippen molar-refractivity contribution in [2.45, 2.75) is 109 Å². The first kappa shape index (κ1) is 29.0. The van der Waals surface area contributed by atoms with E-state index in [1.165, 1.54) is 0 Å². The molecule has 1 aromatic heterocycles. The molecule has 1 atom stereocenters. The molecular weight excluding hydrogens is 507 g/mol. The first-order chi connectivity index (χ1) is 17.7. The third kappa shape index (κ3) is 4.90. The van der Waals surface area contributed by atoms with E-state index in [0.29, 0.717) is 47.6 Å². The lowest BCUT2D eigenvalue weighted by molar-refractivity contribution is -0.163. The summed E-state index contributed by atoms with van der Waals surface area (Å²) in [6, 6.07) is 4.15. The van der Waals surface area contributed by atoms with E-state index in [2.05, 4.69) is 91.7 Å². The molecule has 0 N–H and O–H groups in total. The van der Waals surface area contributed by atoms with E-state index < -0.39 is 21.9 Å². The Bertz CT molecular complexity index is 1230. The quantitative estimate of drug-likeness (QED) is 0.212. The van der Waals surface area contributed by atoms with E-state index in [1.807, 2.05) is 0 Å². The highest BCUT2D eigenvalue weighted by Crippen LogP contribution is 2.47. The molecule has 4 rings (SSSR count). The standard InChI is InChI=1S/C31H45NO4Si2/c1-20(2)38(21(3)4,22(5)6)30-32-19-27(36-30)29(33)28-24(23(7)14-18-37(8,9)10)11-12-26-25(28)13-15-31(26)34-16-17-35-31/h11-12,19-23H,13,15-17H2,1-10H3. The molecule has 7 heteroatoms. The highest BCUT2D eigenvalue weighted by atomic mass is 28.3. The maximum atomic E-state index is 14.3. The smallest absolute Gasteiger partial charge is 0.230 e. The van der Waals surface area contributed by atoms with E-state index in [9.17, 15) is 4.79 Å². The zero-order chi connectivity index (χ0) is 28.0. The molecule has 2 heterocycles. The van der Waals surface area contributed by atoms with Crippen LogP contribution in [0.25, 0.3) is 0 Å². The molecule has 0 amide bonds. The number of hydrogen-bond donors (Lipinski definition) is 0. The van der Waals surface area contributed by atoms with Gasteiger partial charge in [0.25, 0.3) is 0 Å². The lowest BCUT2D eigenvalue weighted by Crippen LogP contribution is -2.56. The molecule has 0 saturated carbocycles. The van der Waals surface area contributed by atoms with Crippen LogP contribution >= 0.6 is 0 Å². The van der Waals surface area contributed by atoms with Crippen molar-refractivity contribution in [2.75, 3.05) is 13.2 Å². The van der Waals surface area contributed by atoms with E-state index in [0.717, 1.165) is 28.6 Å². The molecule has 1 spiro atoms. The van der Waals surface area contributed by atoms with Crippen molar-refractivity contribution in [3.63, 3.8) is 0 Å². The van der Waals surface area contributed by atoms with Gasteiger partial charge in [-0.2, -0.15) is 0 Å². The van der Waals surface area contributed by atoms with Gasteiger partial charge in [0.15, 0.2) is 25.1 Å². The summed E-state index contributed by atoms with van der Waals surface area (Å²) in [4.78, 5) is 19.2. The Hall–Kier alpha value is -1.99. The van der Waals surface area contributed by atoms with Crippen LogP contribution in [-0.2, 0) is 21.7 Å². The van der Waals surface area contributed by atoms with Gasteiger partial charge in [0, 0.05) is 23.5 Å². The number of ketones is 1. The highest BCUT2D eigenvalue weighted by molar-refractivity contribution is 6.93. The molecule has 206 valence electrons. The third-order valence-electron chi connectivity index (χ3n) is 8.54. The van der Waals surface area contributed by atoms with Gasteiger partial charge >= 0.3 is 0 Å². The number of benzene rings is 1. The van der Waals surface area contributed by atoms with Gasteiger partial charge in [-0.1, -0.05) is 73.3 Å². The second-order valence-electron chi connectivity index (χ2n) is 13.0. The fourth-order valence-electron chi connectivity index (χ4n) is 6.94. The Morgan fingerprint density at radius 3 is 2.13 bits per heavy atom. The largest absolute Gasteiger partial charge is 0.442 e. The molecule has 2 aliphatic rings. The monoisotopic (exact) mass is 551 g/mol. The van der Waals surface area contributed by atoms with Crippen LogP contribution in [0.5, 0.6) is 0 Å². The van der Waals surface area contributed by atoms with Gasteiger partial charge in [-0.25, -0.2) is 4.98 Å². The maximum absolute atomic E-state index is 14.3. The molecule has 5 nitrogen and oxygen atoms in total. The Labute approximate surface area is 231 Å². The molecule has 1 unspecified atom stereocenters. The van der Waals surface area contributed by atoms with Crippen LogP contribution in [0.4, 0.5) is 0 Å². The Kier molecular flexibility index (Phi) is 8.04. The topological polar surface area (TPSA) is 61.6 Å². The molecule has 1 aliphatic heterocycles. The second kappa shape index (κ2) is 10.5. The SMILES string of the molecule is CC(C#C[Si](C)(C)C)c1ccc2c(c1C(=O)c1cnc([Si](C(C)C)(C(C)C)C(C)C)o1)CCC21OCCO1. The van der Waals surface area contributed by atoms with E-state index >= 15 is 0 Å². The first-order valence-electron chi connectivity index (χ1n) is 14.2. The molecule has 1 fully saturated rings. The van der Waals surface area contributed by atoms with Crippen molar-refractivity contribution in [1.29, 1.82) is 0 Å². The van der Waals surface area contributed by atoms with Gasteiger partial charge in [-0.3, -0.25) is 4.79 Å². The number of rotatable bonds is 7. The van der Waals surface area contributed by atoms with Gasteiger partial charge in [0.2, 0.25) is 5.78 Å². The van der Waals surface area contributed by atoms with Gasteiger partial charge < -0.3 is 13.9 Å². The van der Waals surface area contributed by atoms with Crippen molar-refractivity contribution >= 4 is 27.4 Å². The fraction of sp³-hybridized carbons (Fsp3) is 0.613. The van der Waals surface area contributed by atoms with Crippen LogP contribution < -0.4 is 5.51 Å². The third-order valence-corrected chi connectivity index (χ3v) is 16.1. The summed E-state index contributed by atoms with van der Waals surface area (Å²) >= 11 is 0. The van der Waals surface area contributed by atoms with Crippen molar-refractivity contribution in [3.05, 3.63) is 46.3 Å². The van der Waals surface area contributed by atoms with Crippen molar-refractivity contribution in [1.82, 2.24) is 4.98 Å². The number of hydrogen-bond acceptors (Lipinski definition) is 5. The predicted molar refractivity (Wildman–Crippen MR) is 158 cm³/mol.